The lowest BCUT2D eigenvalue weighted by molar-refractivity contribution is -0.113. The van der Waals surface area contributed by atoms with Crippen molar-refractivity contribution in [2.45, 2.75) is 13.0 Å². The minimum atomic E-state index is -0.557. The van der Waals surface area contributed by atoms with Gasteiger partial charge in [-0.05, 0) is 25.1 Å². The van der Waals surface area contributed by atoms with E-state index in [4.69, 9.17) is 23.2 Å². The number of fused-ring (bicyclic) bond motifs is 1. The molecule has 1 atom stereocenters. The maximum absolute atomic E-state index is 13.1. The molecule has 0 bridgehead atoms. The number of carbonyl (C=O) groups excluding carboxylic acids is 1. The van der Waals surface area contributed by atoms with Crippen LogP contribution in [0.2, 0.25) is 10.0 Å². The predicted octanol–water partition coefficient (Wildman–Crippen LogP) is 4.51. The van der Waals surface area contributed by atoms with E-state index >= 15 is 0 Å². The lowest BCUT2D eigenvalue weighted by Crippen LogP contribution is -2.31. The molecular weight excluding hydrogens is 385 g/mol. The number of hydrogen-bond acceptors (Lipinski definition) is 4. The Morgan fingerprint density at radius 2 is 1.93 bits per heavy atom. The Kier molecular flexibility index (Phi) is 4.59. The Morgan fingerprint density at radius 3 is 2.70 bits per heavy atom. The number of rotatable bonds is 3. The molecule has 3 aromatic rings. The summed E-state index contributed by atoms with van der Waals surface area (Å²) in [5.41, 5.74) is 2.53. The van der Waals surface area contributed by atoms with Crippen molar-refractivity contribution < 1.29 is 4.79 Å². The number of hydrogen-bond donors (Lipinski definition) is 2. The first kappa shape index (κ1) is 17.6. The van der Waals surface area contributed by atoms with Gasteiger partial charge in [0.1, 0.15) is 12.4 Å². The molecule has 0 radical (unpaired) electrons. The molecule has 2 heterocycles. The van der Waals surface area contributed by atoms with E-state index in [9.17, 15) is 4.79 Å². The van der Waals surface area contributed by atoms with Crippen molar-refractivity contribution in [1.29, 1.82) is 0 Å². The quantitative estimate of drug-likeness (QED) is 0.679. The SMILES string of the molecule is CC1=C(C(=O)Nc2ccccc2)[C@@H](c2cccc(Cl)c2Cl)n2ncnc2N1. The lowest BCUT2D eigenvalue weighted by atomic mass is 9.95. The second kappa shape index (κ2) is 7.06. The van der Waals surface area contributed by atoms with Gasteiger partial charge < -0.3 is 10.6 Å². The molecule has 0 fully saturated rings. The molecule has 0 aliphatic carbocycles. The van der Waals surface area contributed by atoms with Gasteiger partial charge in [0.15, 0.2) is 0 Å². The van der Waals surface area contributed by atoms with Crippen molar-refractivity contribution in [2.24, 2.45) is 0 Å². The topological polar surface area (TPSA) is 71.8 Å². The molecule has 6 nitrogen and oxygen atoms in total. The molecule has 0 saturated carbocycles. The standard InChI is InChI=1S/C19H15Cl2N5O/c1-11-15(18(27)25-12-6-3-2-4-7-12)17(26-19(24-11)22-10-23-26)13-8-5-9-14(20)16(13)21/h2-10,17H,1H3,(H,25,27)(H,22,23,24)/t17-/m1/s1. The van der Waals surface area contributed by atoms with Gasteiger partial charge in [-0.25, -0.2) is 4.68 Å². The van der Waals surface area contributed by atoms with E-state index in [0.29, 0.717) is 38.5 Å². The first-order chi connectivity index (χ1) is 13.1. The molecule has 0 spiro atoms. The zero-order valence-electron chi connectivity index (χ0n) is 14.3. The van der Waals surface area contributed by atoms with Crippen LogP contribution in [0.15, 0.2) is 66.1 Å². The van der Waals surface area contributed by atoms with Crippen LogP contribution in [-0.4, -0.2) is 20.7 Å². The summed E-state index contributed by atoms with van der Waals surface area (Å²) < 4.78 is 1.63. The van der Waals surface area contributed by atoms with Gasteiger partial charge in [-0.2, -0.15) is 10.1 Å². The second-order valence-electron chi connectivity index (χ2n) is 6.06. The summed E-state index contributed by atoms with van der Waals surface area (Å²) in [6.07, 6.45) is 1.43. The van der Waals surface area contributed by atoms with E-state index in [1.54, 1.807) is 16.8 Å². The van der Waals surface area contributed by atoms with E-state index in [1.165, 1.54) is 6.33 Å². The van der Waals surface area contributed by atoms with Crippen LogP contribution >= 0.6 is 23.2 Å². The number of para-hydroxylation sites is 1. The number of benzene rings is 2. The van der Waals surface area contributed by atoms with E-state index in [0.717, 1.165) is 0 Å². The van der Waals surface area contributed by atoms with E-state index in [1.807, 2.05) is 43.3 Å². The van der Waals surface area contributed by atoms with Gasteiger partial charge in [0.05, 0.1) is 15.6 Å². The zero-order valence-corrected chi connectivity index (χ0v) is 15.8. The van der Waals surface area contributed by atoms with Crippen molar-refractivity contribution in [3.05, 3.63) is 81.7 Å². The monoisotopic (exact) mass is 399 g/mol. The van der Waals surface area contributed by atoms with Gasteiger partial charge in [0.2, 0.25) is 5.95 Å². The van der Waals surface area contributed by atoms with Gasteiger partial charge >= 0.3 is 0 Å². The molecule has 2 N–H and O–H groups in total. The molecule has 1 aliphatic rings. The van der Waals surface area contributed by atoms with Crippen LogP contribution in [0.25, 0.3) is 0 Å². The largest absolute Gasteiger partial charge is 0.328 e. The third kappa shape index (κ3) is 3.18. The molecule has 0 saturated heterocycles. The zero-order chi connectivity index (χ0) is 19.0. The third-order valence-corrected chi connectivity index (χ3v) is 5.18. The van der Waals surface area contributed by atoms with Crippen LogP contribution in [-0.2, 0) is 4.79 Å². The number of halogens is 2. The Morgan fingerprint density at radius 1 is 1.15 bits per heavy atom. The van der Waals surface area contributed by atoms with Crippen LogP contribution in [0, 0.1) is 0 Å². The Labute approximate surface area is 165 Å². The molecule has 0 unspecified atom stereocenters. The number of nitrogens with zero attached hydrogens (tertiary/aromatic N) is 3. The fourth-order valence-electron chi connectivity index (χ4n) is 3.12. The molecule has 1 aliphatic heterocycles. The van der Waals surface area contributed by atoms with Crippen molar-refractivity contribution in [3.8, 4) is 0 Å². The Balaban J connectivity index is 1.82. The van der Waals surface area contributed by atoms with Crippen LogP contribution in [0.1, 0.15) is 18.5 Å². The average Bonchev–Trinajstić information content (AvgIpc) is 3.12. The van der Waals surface area contributed by atoms with Gasteiger partial charge in [-0.15, -0.1) is 0 Å². The minimum absolute atomic E-state index is 0.256. The molecule has 1 amide bonds. The number of allylic oxidation sites excluding steroid dienone is 1. The molecule has 2 aromatic carbocycles. The normalized spacial score (nSPS) is 15.9. The maximum Gasteiger partial charge on any atom is 0.255 e. The van der Waals surface area contributed by atoms with E-state index < -0.39 is 6.04 Å². The van der Waals surface area contributed by atoms with Gasteiger partial charge in [-0.3, -0.25) is 4.79 Å². The van der Waals surface area contributed by atoms with Gasteiger partial charge in [-0.1, -0.05) is 53.5 Å². The highest BCUT2D eigenvalue weighted by atomic mass is 35.5. The summed E-state index contributed by atoms with van der Waals surface area (Å²) in [6.45, 7) is 1.82. The predicted molar refractivity (Wildman–Crippen MR) is 106 cm³/mol. The van der Waals surface area contributed by atoms with Crippen LogP contribution in [0.5, 0.6) is 0 Å². The summed E-state index contributed by atoms with van der Waals surface area (Å²) in [5, 5.41) is 11.1. The lowest BCUT2D eigenvalue weighted by Gasteiger charge is -2.29. The number of aromatic nitrogens is 3. The van der Waals surface area contributed by atoms with Crippen molar-refractivity contribution >= 4 is 40.7 Å². The maximum atomic E-state index is 13.1. The van der Waals surface area contributed by atoms with Gasteiger partial charge in [0.25, 0.3) is 5.91 Å². The second-order valence-corrected chi connectivity index (χ2v) is 6.84. The van der Waals surface area contributed by atoms with E-state index in [2.05, 4.69) is 20.7 Å². The van der Waals surface area contributed by atoms with Crippen LogP contribution in [0.4, 0.5) is 11.6 Å². The van der Waals surface area contributed by atoms with Crippen molar-refractivity contribution in [2.75, 3.05) is 10.6 Å². The fraction of sp³-hybridized carbons (Fsp3) is 0.105. The van der Waals surface area contributed by atoms with Crippen molar-refractivity contribution in [3.63, 3.8) is 0 Å². The first-order valence-electron chi connectivity index (χ1n) is 8.24. The van der Waals surface area contributed by atoms with Crippen LogP contribution < -0.4 is 10.6 Å². The number of nitrogens with one attached hydrogen (secondary N) is 2. The molecule has 27 heavy (non-hydrogen) atoms. The summed E-state index contributed by atoms with van der Waals surface area (Å²) in [6, 6.07) is 14.0. The molecule has 136 valence electrons. The number of amides is 1. The van der Waals surface area contributed by atoms with Gasteiger partial charge in [0, 0.05) is 16.9 Å². The van der Waals surface area contributed by atoms with Crippen molar-refractivity contribution in [1.82, 2.24) is 14.8 Å². The molecule has 8 heteroatoms. The fourth-order valence-corrected chi connectivity index (χ4v) is 3.54. The average molecular weight is 400 g/mol. The minimum Gasteiger partial charge on any atom is -0.328 e. The highest BCUT2D eigenvalue weighted by Gasteiger charge is 2.34. The third-order valence-electron chi connectivity index (χ3n) is 4.35. The number of anilines is 2. The Hall–Kier alpha value is -2.83. The van der Waals surface area contributed by atoms with Crippen LogP contribution in [0.3, 0.4) is 0 Å². The summed E-state index contributed by atoms with van der Waals surface area (Å²) in [7, 11) is 0. The summed E-state index contributed by atoms with van der Waals surface area (Å²) in [5.74, 6) is 0.276. The molecular formula is C19H15Cl2N5O. The highest BCUT2D eigenvalue weighted by molar-refractivity contribution is 6.42. The Bertz CT molecular complexity index is 1050. The summed E-state index contributed by atoms with van der Waals surface area (Å²) >= 11 is 12.7. The number of carbonyl (C=O) groups is 1. The molecule has 4 rings (SSSR count). The van der Waals surface area contributed by atoms with E-state index in [-0.39, 0.29) is 5.91 Å². The summed E-state index contributed by atoms with van der Waals surface area (Å²) in [4.78, 5) is 17.4. The smallest absolute Gasteiger partial charge is 0.255 e. The first-order valence-corrected chi connectivity index (χ1v) is 8.99. The highest BCUT2D eigenvalue weighted by Crippen LogP contribution is 2.40. The molecule has 1 aromatic heterocycles.